The van der Waals surface area contributed by atoms with Gasteiger partial charge in [-0.1, -0.05) is 26.0 Å². The molecule has 1 amide bonds. The fourth-order valence-corrected chi connectivity index (χ4v) is 4.27. The number of ether oxygens (including phenoxy) is 1. The number of rotatable bonds is 7. The van der Waals surface area contributed by atoms with E-state index in [9.17, 15) is 14.4 Å². The number of nitrogens with one attached hydrogen (secondary N) is 1. The Morgan fingerprint density at radius 1 is 1.26 bits per heavy atom. The zero-order chi connectivity index (χ0) is 22.1. The van der Waals surface area contributed by atoms with Crippen LogP contribution in [0.1, 0.15) is 19.4 Å². The molecule has 0 unspecified atom stereocenters. The third kappa shape index (κ3) is 3.98. The van der Waals surface area contributed by atoms with E-state index in [4.69, 9.17) is 4.74 Å². The minimum atomic E-state index is -0.451. The second-order valence-corrected chi connectivity index (χ2v) is 8.56. The van der Waals surface area contributed by atoms with Gasteiger partial charge in [-0.2, -0.15) is 0 Å². The van der Waals surface area contributed by atoms with Crippen molar-refractivity contribution >= 4 is 33.2 Å². The van der Waals surface area contributed by atoms with Crippen LogP contribution in [-0.4, -0.2) is 31.8 Å². The van der Waals surface area contributed by atoms with Crippen LogP contribution in [0.3, 0.4) is 0 Å². The zero-order valence-corrected chi connectivity index (χ0v) is 18.3. The van der Waals surface area contributed by atoms with Gasteiger partial charge in [0.1, 0.15) is 17.0 Å². The lowest BCUT2D eigenvalue weighted by Crippen LogP contribution is -2.32. The number of hydrogen-bond donors (Lipinski definition) is 1. The number of carbonyl (C=O) groups is 1. The van der Waals surface area contributed by atoms with E-state index in [1.165, 1.54) is 20.3 Å². The predicted molar refractivity (Wildman–Crippen MR) is 119 cm³/mol. The molecule has 3 heterocycles. The molecule has 0 spiro atoms. The number of hydrogen-bond acceptors (Lipinski definition) is 6. The molecule has 162 valence electrons. The Balaban J connectivity index is 1.65. The highest BCUT2D eigenvalue weighted by Crippen LogP contribution is 2.18. The maximum Gasteiger partial charge on any atom is 0.352 e. The van der Waals surface area contributed by atoms with Gasteiger partial charge < -0.3 is 10.1 Å². The number of thiophene rings is 1. The highest BCUT2D eigenvalue weighted by atomic mass is 32.1. The lowest BCUT2D eigenvalue weighted by atomic mass is 10.2. The molecule has 0 saturated carbocycles. The third-order valence-corrected chi connectivity index (χ3v) is 5.74. The van der Waals surface area contributed by atoms with Crippen LogP contribution in [-0.2, 0) is 24.4 Å². The molecule has 0 aliphatic heterocycles. The Hall–Kier alpha value is -3.40. The van der Waals surface area contributed by atoms with Crippen LogP contribution >= 0.6 is 11.3 Å². The van der Waals surface area contributed by atoms with Crippen LogP contribution in [0.15, 0.2) is 45.3 Å². The molecule has 0 aliphatic rings. The molecular formula is C21H23N5O4S. The highest BCUT2D eigenvalue weighted by Gasteiger charge is 2.19. The van der Waals surface area contributed by atoms with Crippen molar-refractivity contribution in [3.05, 3.63) is 62.1 Å². The summed E-state index contributed by atoms with van der Waals surface area (Å²) in [7, 11) is 1.58. The number of benzene rings is 1. The maximum atomic E-state index is 13.0. The molecule has 31 heavy (non-hydrogen) atoms. The molecule has 0 radical (unpaired) electrons. The number of carbonyl (C=O) groups excluding carboxylic acids is 1. The van der Waals surface area contributed by atoms with E-state index < -0.39 is 5.69 Å². The molecular weight excluding hydrogens is 418 g/mol. The van der Waals surface area contributed by atoms with Crippen molar-refractivity contribution in [3.63, 3.8) is 0 Å². The minimum absolute atomic E-state index is 0.175. The summed E-state index contributed by atoms with van der Waals surface area (Å²) < 4.78 is 9.70. The van der Waals surface area contributed by atoms with Gasteiger partial charge in [0.25, 0.3) is 5.56 Å². The highest BCUT2D eigenvalue weighted by molar-refractivity contribution is 7.17. The van der Waals surface area contributed by atoms with Crippen molar-refractivity contribution in [2.45, 2.75) is 33.5 Å². The molecule has 0 bridgehead atoms. The van der Waals surface area contributed by atoms with Crippen molar-refractivity contribution in [2.75, 3.05) is 7.11 Å². The van der Waals surface area contributed by atoms with Crippen molar-refractivity contribution in [1.29, 1.82) is 0 Å². The van der Waals surface area contributed by atoms with Crippen molar-refractivity contribution < 1.29 is 9.53 Å². The van der Waals surface area contributed by atoms with E-state index in [1.807, 2.05) is 38.1 Å². The topological polar surface area (TPSA) is 99.6 Å². The smallest absolute Gasteiger partial charge is 0.352 e. The SMILES string of the molecule is COc1cccc(CNC(=O)Cn2nc3n(CC(C)C)c(=O)c4sccc4n3c2=O)c1. The summed E-state index contributed by atoms with van der Waals surface area (Å²) in [4.78, 5) is 38.4. The van der Waals surface area contributed by atoms with Crippen molar-refractivity contribution in [2.24, 2.45) is 5.92 Å². The summed E-state index contributed by atoms with van der Waals surface area (Å²) >= 11 is 1.29. The van der Waals surface area contributed by atoms with Crippen LogP contribution in [0.5, 0.6) is 5.75 Å². The molecule has 4 rings (SSSR count). The average Bonchev–Trinajstić information content (AvgIpc) is 3.35. The number of aromatic nitrogens is 4. The Bertz CT molecular complexity index is 1380. The fourth-order valence-electron chi connectivity index (χ4n) is 3.44. The van der Waals surface area contributed by atoms with Crippen LogP contribution < -0.4 is 21.3 Å². The van der Waals surface area contributed by atoms with E-state index in [0.717, 1.165) is 10.2 Å². The standard InChI is InChI=1S/C21H23N5O4S/c1-13(2)11-24-19(28)18-16(7-8-31-18)26-20(24)23-25(21(26)29)12-17(27)22-10-14-5-4-6-15(9-14)30-3/h4-9,13H,10-12H2,1-3H3,(H,22,27). The largest absolute Gasteiger partial charge is 0.497 e. The van der Waals surface area contributed by atoms with E-state index in [0.29, 0.717) is 29.1 Å². The van der Waals surface area contributed by atoms with Crippen molar-refractivity contribution in [1.82, 2.24) is 24.1 Å². The van der Waals surface area contributed by atoms with E-state index in [1.54, 1.807) is 18.6 Å². The zero-order valence-electron chi connectivity index (χ0n) is 17.5. The van der Waals surface area contributed by atoms with E-state index in [-0.39, 0.29) is 29.7 Å². The second kappa shape index (κ2) is 8.38. The Morgan fingerprint density at radius 2 is 2.06 bits per heavy atom. The Morgan fingerprint density at radius 3 is 2.81 bits per heavy atom. The summed E-state index contributed by atoms with van der Waals surface area (Å²) in [5, 5.41) is 8.90. The molecule has 0 atom stereocenters. The summed E-state index contributed by atoms with van der Waals surface area (Å²) in [6.07, 6.45) is 0. The molecule has 0 saturated heterocycles. The molecule has 10 heteroatoms. The lowest BCUT2D eigenvalue weighted by Gasteiger charge is -2.09. The van der Waals surface area contributed by atoms with Gasteiger partial charge >= 0.3 is 5.69 Å². The first-order valence-corrected chi connectivity index (χ1v) is 10.8. The number of fused-ring (bicyclic) bond motifs is 3. The second-order valence-electron chi connectivity index (χ2n) is 7.65. The predicted octanol–water partition coefficient (Wildman–Crippen LogP) is 1.85. The first kappa shape index (κ1) is 20.9. The Labute approximate surface area is 181 Å². The van der Waals surface area contributed by atoms with Crippen LogP contribution in [0.2, 0.25) is 0 Å². The maximum absolute atomic E-state index is 13.0. The van der Waals surface area contributed by atoms with Crippen LogP contribution in [0, 0.1) is 5.92 Å². The fraction of sp³-hybridized carbons (Fsp3) is 0.333. The number of nitrogens with zero attached hydrogens (tertiary/aromatic N) is 4. The van der Waals surface area contributed by atoms with Gasteiger partial charge in [0.15, 0.2) is 0 Å². The number of amides is 1. The summed E-state index contributed by atoms with van der Waals surface area (Å²) in [5.41, 5.74) is 0.761. The van der Waals surface area contributed by atoms with Crippen LogP contribution in [0.25, 0.3) is 16.0 Å². The molecule has 0 fully saturated rings. The summed E-state index contributed by atoms with van der Waals surface area (Å²) in [6, 6.07) is 9.09. The van der Waals surface area contributed by atoms with Crippen molar-refractivity contribution in [3.8, 4) is 5.75 Å². The molecule has 9 nitrogen and oxygen atoms in total. The van der Waals surface area contributed by atoms with Gasteiger partial charge in [-0.3, -0.25) is 14.2 Å². The summed E-state index contributed by atoms with van der Waals surface area (Å²) in [5.74, 6) is 0.777. The Kier molecular flexibility index (Phi) is 5.64. The normalized spacial score (nSPS) is 11.5. The van der Waals surface area contributed by atoms with Gasteiger partial charge in [0.2, 0.25) is 11.7 Å². The first-order chi connectivity index (χ1) is 14.9. The van der Waals surface area contributed by atoms with Gasteiger partial charge in [0.05, 0.1) is 12.6 Å². The molecule has 1 N–H and O–H groups in total. The molecule has 1 aromatic carbocycles. The quantitative estimate of drug-likeness (QED) is 0.472. The van der Waals surface area contributed by atoms with Gasteiger partial charge in [0, 0.05) is 13.1 Å². The number of methoxy groups -OCH3 is 1. The van der Waals surface area contributed by atoms with Gasteiger partial charge in [-0.25, -0.2) is 13.9 Å². The van der Waals surface area contributed by atoms with E-state index in [2.05, 4.69) is 10.4 Å². The van der Waals surface area contributed by atoms with Gasteiger partial charge in [-0.15, -0.1) is 16.4 Å². The van der Waals surface area contributed by atoms with Crippen LogP contribution in [0.4, 0.5) is 0 Å². The first-order valence-electron chi connectivity index (χ1n) is 9.88. The molecule has 3 aromatic heterocycles. The monoisotopic (exact) mass is 441 g/mol. The van der Waals surface area contributed by atoms with Gasteiger partial charge in [-0.05, 0) is 35.1 Å². The lowest BCUT2D eigenvalue weighted by molar-refractivity contribution is -0.122. The minimum Gasteiger partial charge on any atom is -0.497 e. The van der Waals surface area contributed by atoms with E-state index >= 15 is 0 Å². The third-order valence-electron chi connectivity index (χ3n) is 4.85. The summed E-state index contributed by atoms with van der Waals surface area (Å²) in [6.45, 7) is 4.46. The molecule has 4 aromatic rings. The average molecular weight is 442 g/mol. The molecule has 0 aliphatic carbocycles.